The second kappa shape index (κ2) is 14.7. The largest absolute Gasteiger partial charge is 0.466 e. The van der Waals surface area contributed by atoms with Crippen LogP contribution >= 0.6 is 24.0 Å². The monoisotopic (exact) mass is 454 g/mol. The van der Waals surface area contributed by atoms with Gasteiger partial charge in [-0.2, -0.15) is 0 Å². The third-order valence-electron chi connectivity index (χ3n) is 4.20. The van der Waals surface area contributed by atoms with Crippen LogP contribution in [0.1, 0.15) is 46.0 Å². The molecule has 1 rings (SSSR count). The molecule has 1 aliphatic rings. The highest BCUT2D eigenvalue weighted by Crippen LogP contribution is 2.15. The van der Waals surface area contributed by atoms with Crippen molar-refractivity contribution in [1.82, 2.24) is 15.5 Å². The van der Waals surface area contributed by atoms with E-state index in [1.165, 1.54) is 25.9 Å². The van der Waals surface area contributed by atoms with E-state index in [9.17, 15) is 4.79 Å². The van der Waals surface area contributed by atoms with Crippen molar-refractivity contribution in [2.45, 2.75) is 46.0 Å². The van der Waals surface area contributed by atoms with Crippen LogP contribution in [0.2, 0.25) is 0 Å². The van der Waals surface area contributed by atoms with Crippen LogP contribution in [0.3, 0.4) is 0 Å². The summed E-state index contributed by atoms with van der Waals surface area (Å²) in [6.07, 6.45) is 4.99. The van der Waals surface area contributed by atoms with Crippen molar-refractivity contribution >= 4 is 35.9 Å². The van der Waals surface area contributed by atoms with Gasteiger partial charge in [0.15, 0.2) is 5.96 Å². The lowest BCUT2D eigenvalue weighted by atomic mass is 9.99. The first-order valence-electron chi connectivity index (χ1n) is 8.98. The fourth-order valence-electron chi connectivity index (χ4n) is 2.69. The van der Waals surface area contributed by atoms with E-state index in [1.807, 2.05) is 6.92 Å². The molecule has 142 valence electrons. The Morgan fingerprint density at radius 1 is 1.21 bits per heavy atom. The fourth-order valence-corrected chi connectivity index (χ4v) is 2.69. The molecule has 1 saturated heterocycles. The van der Waals surface area contributed by atoms with Crippen molar-refractivity contribution in [2.24, 2.45) is 10.9 Å². The second-order valence-electron chi connectivity index (χ2n) is 6.21. The van der Waals surface area contributed by atoms with Crippen LogP contribution in [0, 0.1) is 5.92 Å². The summed E-state index contributed by atoms with van der Waals surface area (Å²) in [5, 5.41) is 6.56. The molecular weight excluding hydrogens is 419 g/mol. The third kappa shape index (κ3) is 11.1. The number of nitrogens with one attached hydrogen (secondary N) is 2. The number of rotatable bonds is 9. The summed E-state index contributed by atoms with van der Waals surface area (Å²) in [5.74, 6) is 1.57. The van der Waals surface area contributed by atoms with Crippen LogP contribution in [0.25, 0.3) is 0 Å². The highest BCUT2D eigenvalue weighted by molar-refractivity contribution is 14.0. The number of nitrogens with zero attached hydrogens (tertiary/aromatic N) is 2. The van der Waals surface area contributed by atoms with E-state index in [4.69, 9.17) is 4.74 Å². The maximum absolute atomic E-state index is 11.2. The molecule has 0 aromatic carbocycles. The lowest BCUT2D eigenvalue weighted by Gasteiger charge is -2.30. The van der Waals surface area contributed by atoms with Gasteiger partial charge in [0.25, 0.3) is 0 Å². The second-order valence-corrected chi connectivity index (χ2v) is 6.21. The first kappa shape index (κ1) is 23.4. The van der Waals surface area contributed by atoms with E-state index in [1.54, 1.807) is 7.05 Å². The lowest BCUT2D eigenvalue weighted by molar-refractivity contribution is -0.143. The van der Waals surface area contributed by atoms with Gasteiger partial charge in [-0.15, -0.1) is 24.0 Å². The molecule has 0 atom stereocenters. The van der Waals surface area contributed by atoms with Crippen molar-refractivity contribution in [3.8, 4) is 0 Å². The van der Waals surface area contributed by atoms with Crippen LogP contribution < -0.4 is 10.6 Å². The minimum absolute atomic E-state index is 0. The summed E-state index contributed by atoms with van der Waals surface area (Å²) in [6, 6.07) is 0. The zero-order valence-electron chi connectivity index (χ0n) is 15.5. The zero-order chi connectivity index (χ0) is 16.9. The van der Waals surface area contributed by atoms with Gasteiger partial charge in [-0.25, -0.2) is 0 Å². The molecule has 0 radical (unpaired) electrons. The summed E-state index contributed by atoms with van der Waals surface area (Å²) in [6.45, 7) is 9.89. The number of piperidine rings is 1. The normalized spacial score (nSPS) is 16.4. The van der Waals surface area contributed by atoms with Gasteiger partial charge >= 0.3 is 5.97 Å². The molecular formula is C17H35IN4O2. The number of aliphatic imine (C=N–C) groups is 1. The number of carbonyl (C=O) groups is 1. The number of guanidine groups is 1. The van der Waals surface area contributed by atoms with Gasteiger partial charge in [-0.1, -0.05) is 6.92 Å². The van der Waals surface area contributed by atoms with Gasteiger partial charge in [-0.05, 0) is 58.2 Å². The third-order valence-corrected chi connectivity index (χ3v) is 4.20. The van der Waals surface area contributed by atoms with Crippen LogP contribution in [0.5, 0.6) is 0 Å². The van der Waals surface area contributed by atoms with Gasteiger partial charge < -0.3 is 20.3 Å². The summed E-state index contributed by atoms with van der Waals surface area (Å²) in [5.41, 5.74) is 0. The topological polar surface area (TPSA) is 66.0 Å². The Labute approximate surface area is 164 Å². The molecule has 1 heterocycles. The average molecular weight is 454 g/mol. The van der Waals surface area contributed by atoms with Crippen molar-refractivity contribution in [1.29, 1.82) is 0 Å². The average Bonchev–Trinajstić information content (AvgIpc) is 2.55. The summed E-state index contributed by atoms with van der Waals surface area (Å²) in [7, 11) is 1.77. The first-order chi connectivity index (χ1) is 11.2. The van der Waals surface area contributed by atoms with E-state index in [0.717, 1.165) is 44.4 Å². The van der Waals surface area contributed by atoms with E-state index < -0.39 is 0 Å². The Balaban J connectivity index is 0.00000529. The molecule has 0 aromatic heterocycles. The Morgan fingerprint density at radius 2 is 1.83 bits per heavy atom. The summed E-state index contributed by atoms with van der Waals surface area (Å²) < 4.78 is 4.90. The Hall–Kier alpha value is -0.570. The number of halogens is 1. The highest BCUT2D eigenvalue weighted by Gasteiger charge is 2.14. The number of ether oxygens (including phenoxy) is 1. The molecule has 1 fully saturated rings. The molecule has 24 heavy (non-hydrogen) atoms. The van der Waals surface area contributed by atoms with Gasteiger partial charge in [0, 0.05) is 26.6 Å². The minimum atomic E-state index is -0.131. The molecule has 0 aromatic rings. The fraction of sp³-hybridized carbons (Fsp3) is 0.882. The smallest absolute Gasteiger partial charge is 0.305 e. The Morgan fingerprint density at radius 3 is 2.42 bits per heavy atom. The van der Waals surface area contributed by atoms with Gasteiger partial charge in [-0.3, -0.25) is 9.79 Å². The van der Waals surface area contributed by atoms with Crippen molar-refractivity contribution in [3.63, 3.8) is 0 Å². The highest BCUT2D eigenvalue weighted by atomic mass is 127. The molecule has 0 saturated carbocycles. The quantitative estimate of drug-likeness (QED) is 0.184. The molecule has 0 aliphatic carbocycles. The Kier molecular flexibility index (Phi) is 14.4. The maximum atomic E-state index is 11.2. The van der Waals surface area contributed by atoms with Crippen molar-refractivity contribution in [2.75, 3.05) is 46.4 Å². The number of likely N-dealkylation sites (tertiary alicyclic amines) is 1. The van der Waals surface area contributed by atoms with Gasteiger partial charge in [0.1, 0.15) is 0 Å². The molecule has 1 aliphatic heterocycles. The minimum Gasteiger partial charge on any atom is -0.466 e. The zero-order valence-corrected chi connectivity index (χ0v) is 17.8. The van der Waals surface area contributed by atoms with E-state index in [2.05, 4.69) is 27.4 Å². The molecule has 0 unspecified atom stereocenters. The van der Waals surface area contributed by atoms with Crippen LogP contribution in [-0.2, 0) is 9.53 Å². The van der Waals surface area contributed by atoms with Crippen LogP contribution in [0.15, 0.2) is 4.99 Å². The molecule has 0 spiro atoms. The molecule has 0 bridgehead atoms. The van der Waals surface area contributed by atoms with Crippen molar-refractivity contribution < 1.29 is 9.53 Å². The van der Waals surface area contributed by atoms with E-state index >= 15 is 0 Å². The van der Waals surface area contributed by atoms with Gasteiger partial charge in [0.2, 0.25) is 0 Å². The van der Waals surface area contributed by atoms with Crippen molar-refractivity contribution in [3.05, 3.63) is 0 Å². The standard InChI is InChI=1S/C17H34N4O2.HI/c1-4-23-16(22)7-5-10-19-17(18-3)20-11-6-12-21-13-8-15(2)9-14-21;/h15H,4-14H2,1-3H3,(H2,18,19,20);1H. The summed E-state index contributed by atoms with van der Waals surface area (Å²) in [4.78, 5) is 18.0. The Bertz CT molecular complexity index is 358. The van der Waals surface area contributed by atoms with E-state index in [0.29, 0.717) is 13.0 Å². The summed E-state index contributed by atoms with van der Waals surface area (Å²) >= 11 is 0. The van der Waals surface area contributed by atoms with Gasteiger partial charge in [0.05, 0.1) is 6.61 Å². The lowest BCUT2D eigenvalue weighted by Crippen LogP contribution is -2.40. The SMILES string of the molecule is CCOC(=O)CCCNC(=NC)NCCCN1CCC(C)CC1.I. The number of hydrogen-bond donors (Lipinski definition) is 2. The van der Waals surface area contributed by atoms with Crippen LogP contribution in [0.4, 0.5) is 0 Å². The van der Waals surface area contributed by atoms with E-state index in [-0.39, 0.29) is 29.9 Å². The number of carbonyl (C=O) groups excluding carboxylic acids is 1. The molecule has 2 N–H and O–H groups in total. The van der Waals surface area contributed by atoms with Crippen LogP contribution in [-0.4, -0.2) is 63.2 Å². The predicted octanol–water partition coefficient (Wildman–Crippen LogP) is 2.23. The molecule has 7 heteroatoms. The number of hydrogen-bond acceptors (Lipinski definition) is 4. The number of esters is 1. The first-order valence-corrected chi connectivity index (χ1v) is 8.98. The maximum Gasteiger partial charge on any atom is 0.305 e. The predicted molar refractivity (Wildman–Crippen MR) is 110 cm³/mol. The molecule has 6 nitrogen and oxygen atoms in total. The molecule has 0 amide bonds.